The molecule has 0 spiro atoms. The van der Waals surface area contributed by atoms with Crippen LogP contribution in [0.2, 0.25) is 0 Å². The molecule has 2 unspecified atom stereocenters. The summed E-state index contributed by atoms with van der Waals surface area (Å²) in [7, 11) is 0. The Morgan fingerprint density at radius 3 is 2.25 bits per heavy atom. The van der Waals surface area contributed by atoms with Crippen molar-refractivity contribution in [2.45, 2.75) is 46.3 Å². The summed E-state index contributed by atoms with van der Waals surface area (Å²) >= 11 is 0. The van der Waals surface area contributed by atoms with Crippen molar-refractivity contribution in [3.8, 4) is 0 Å². The Kier molecular flexibility index (Phi) is 4.24. The number of ether oxygens (including phenoxy) is 1. The number of likely N-dealkylation sites (N-methyl/N-ethyl adjacent to an activating group) is 1. The molecule has 72 valence electrons. The van der Waals surface area contributed by atoms with Gasteiger partial charge in [0, 0.05) is 6.54 Å². The van der Waals surface area contributed by atoms with Crippen LogP contribution >= 0.6 is 0 Å². The molecule has 12 heavy (non-hydrogen) atoms. The Labute approximate surface area is 74.5 Å². The molecular weight excluding hydrogens is 154 g/mol. The largest absolute Gasteiger partial charge is 0.356 e. The quantitative estimate of drug-likeness (QED) is 0.640. The van der Waals surface area contributed by atoms with Crippen molar-refractivity contribution in [1.82, 2.24) is 5.32 Å². The predicted molar refractivity (Wildman–Crippen MR) is 49.0 cm³/mol. The number of carbonyl (C=O) groups is 1. The molecule has 2 atom stereocenters. The van der Waals surface area contributed by atoms with Crippen LogP contribution in [-0.4, -0.2) is 24.2 Å². The van der Waals surface area contributed by atoms with Gasteiger partial charge in [0.15, 0.2) is 5.60 Å². The lowest BCUT2D eigenvalue weighted by atomic mass is 10.1. The number of carbonyl (C=O) groups excluding carboxylic acids is 1. The molecule has 1 aliphatic rings. The summed E-state index contributed by atoms with van der Waals surface area (Å²) in [6.07, 6.45) is 0.0825. The van der Waals surface area contributed by atoms with Crippen molar-refractivity contribution in [3.05, 3.63) is 0 Å². The number of amides is 1. The molecule has 3 nitrogen and oxygen atoms in total. The number of epoxide rings is 1. The van der Waals surface area contributed by atoms with Gasteiger partial charge in [-0.2, -0.15) is 0 Å². The van der Waals surface area contributed by atoms with E-state index in [2.05, 4.69) is 5.32 Å². The highest BCUT2D eigenvalue weighted by Crippen LogP contribution is 2.35. The first-order chi connectivity index (χ1) is 5.61. The van der Waals surface area contributed by atoms with E-state index in [1.165, 1.54) is 0 Å². The van der Waals surface area contributed by atoms with Gasteiger partial charge in [-0.3, -0.25) is 4.79 Å². The summed E-state index contributed by atoms with van der Waals surface area (Å²) < 4.78 is 5.11. The summed E-state index contributed by atoms with van der Waals surface area (Å²) in [5, 5.41) is 2.71. The topological polar surface area (TPSA) is 41.6 Å². The molecule has 1 aliphatic heterocycles. The molecule has 0 radical (unpaired) electrons. The molecule has 1 heterocycles. The van der Waals surface area contributed by atoms with Crippen molar-refractivity contribution in [2.75, 3.05) is 6.54 Å². The van der Waals surface area contributed by atoms with Gasteiger partial charge < -0.3 is 10.1 Å². The monoisotopic (exact) mass is 173 g/mol. The summed E-state index contributed by atoms with van der Waals surface area (Å²) in [5.74, 6) is 0.00231. The van der Waals surface area contributed by atoms with Gasteiger partial charge in [-0.25, -0.2) is 0 Å². The Balaban J connectivity index is 0.000000561. The van der Waals surface area contributed by atoms with Crippen LogP contribution in [-0.2, 0) is 9.53 Å². The number of hydrogen-bond acceptors (Lipinski definition) is 2. The maximum Gasteiger partial charge on any atom is 0.254 e. The molecule has 1 fully saturated rings. The third kappa shape index (κ3) is 2.21. The van der Waals surface area contributed by atoms with Crippen LogP contribution in [0.5, 0.6) is 0 Å². The SMILES string of the molecule is CC.CCNC(=O)C1(C)OC1C. The number of nitrogens with one attached hydrogen (secondary N) is 1. The standard InChI is InChI=1S/C7H13NO2.C2H6/c1-4-8-6(9)7(3)5(2)10-7;1-2/h5H,4H2,1-3H3,(H,8,9);1-2H3. The van der Waals surface area contributed by atoms with E-state index in [4.69, 9.17) is 4.74 Å². The normalized spacial score (nSPS) is 31.6. The molecule has 1 saturated heterocycles. The zero-order valence-corrected chi connectivity index (χ0v) is 8.60. The predicted octanol–water partition coefficient (Wildman–Crippen LogP) is 1.33. The minimum Gasteiger partial charge on any atom is -0.356 e. The first-order valence-electron chi connectivity index (χ1n) is 4.57. The molecule has 0 aromatic carbocycles. The van der Waals surface area contributed by atoms with Crippen LogP contribution < -0.4 is 5.32 Å². The molecular formula is C9H19NO2. The van der Waals surface area contributed by atoms with Gasteiger partial charge in [0.1, 0.15) is 0 Å². The van der Waals surface area contributed by atoms with Gasteiger partial charge in [-0.05, 0) is 20.8 Å². The molecule has 3 heteroatoms. The van der Waals surface area contributed by atoms with E-state index in [1.54, 1.807) is 0 Å². The van der Waals surface area contributed by atoms with Gasteiger partial charge in [0.2, 0.25) is 0 Å². The highest BCUT2D eigenvalue weighted by molar-refractivity contribution is 5.87. The van der Waals surface area contributed by atoms with Gasteiger partial charge in [0.25, 0.3) is 5.91 Å². The molecule has 0 aromatic heterocycles. The smallest absolute Gasteiger partial charge is 0.254 e. The molecule has 0 saturated carbocycles. The van der Waals surface area contributed by atoms with E-state index in [-0.39, 0.29) is 12.0 Å². The second-order valence-corrected chi connectivity index (χ2v) is 2.73. The lowest BCUT2D eigenvalue weighted by molar-refractivity contribution is -0.125. The van der Waals surface area contributed by atoms with Crippen LogP contribution in [0.3, 0.4) is 0 Å². The maximum atomic E-state index is 11.1. The van der Waals surface area contributed by atoms with E-state index < -0.39 is 5.60 Å². The van der Waals surface area contributed by atoms with Crippen LogP contribution in [0, 0.1) is 0 Å². The fourth-order valence-corrected chi connectivity index (χ4v) is 0.907. The Bertz CT molecular complexity index is 159. The fraction of sp³-hybridized carbons (Fsp3) is 0.889. The zero-order valence-electron chi connectivity index (χ0n) is 8.60. The highest BCUT2D eigenvalue weighted by atomic mass is 16.6. The zero-order chi connectivity index (χ0) is 9.78. The average Bonchev–Trinajstić information content (AvgIpc) is 2.66. The van der Waals surface area contributed by atoms with Crippen LogP contribution in [0.1, 0.15) is 34.6 Å². The van der Waals surface area contributed by atoms with Crippen molar-refractivity contribution >= 4 is 5.91 Å². The van der Waals surface area contributed by atoms with E-state index in [0.29, 0.717) is 6.54 Å². The van der Waals surface area contributed by atoms with Gasteiger partial charge in [-0.15, -0.1) is 0 Å². The molecule has 1 rings (SSSR count). The van der Waals surface area contributed by atoms with Gasteiger partial charge >= 0.3 is 0 Å². The van der Waals surface area contributed by atoms with Crippen molar-refractivity contribution in [3.63, 3.8) is 0 Å². The summed E-state index contributed by atoms with van der Waals surface area (Å²) in [5.41, 5.74) is -0.532. The van der Waals surface area contributed by atoms with Crippen molar-refractivity contribution < 1.29 is 9.53 Å². The number of hydrogen-bond donors (Lipinski definition) is 1. The molecule has 1 amide bonds. The molecule has 1 N–H and O–H groups in total. The molecule has 0 aromatic rings. The highest BCUT2D eigenvalue weighted by Gasteiger charge is 2.55. The lowest BCUT2D eigenvalue weighted by Crippen LogP contribution is -2.36. The lowest BCUT2D eigenvalue weighted by Gasteiger charge is -2.04. The van der Waals surface area contributed by atoms with E-state index in [0.717, 1.165) is 0 Å². The van der Waals surface area contributed by atoms with Crippen LogP contribution in [0.15, 0.2) is 0 Å². The first kappa shape index (κ1) is 11.4. The number of rotatable bonds is 2. The van der Waals surface area contributed by atoms with Crippen molar-refractivity contribution in [1.29, 1.82) is 0 Å². The van der Waals surface area contributed by atoms with E-state index >= 15 is 0 Å². The van der Waals surface area contributed by atoms with E-state index in [9.17, 15) is 4.79 Å². The van der Waals surface area contributed by atoms with Gasteiger partial charge in [-0.1, -0.05) is 13.8 Å². The minimum atomic E-state index is -0.532. The second kappa shape index (κ2) is 4.45. The fourth-order valence-electron chi connectivity index (χ4n) is 0.907. The molecule has 0 aliphatic carbocycles. The van der Waals surface area contributed by atoms with Crippen LogP contribution in [0.25, 0.3) is 0 Å². The summed E-state index contributed by atoms with van der Waals surface area (Å²) in [6, 6.07) is 0. The Hall–Kier alpha value is -0.570. The van der Waals surface area contributed by atoms with Crippen molar-refractivity contribution in [2.24, 2.45) is 0 Å². The molecule has 0 bridgehead atoms. The van der Waals surface area contributed by atoms with Crippen LogP contribution in [0.4, 0.5) is 0 Å². The third-order valence-electron chi connectivity index (χ3n) is 1.93. The average molecular weight is 173 g/mol. The van der Waals surface area contributed by atoms with E-state index in [1.807, 2.05) is 34.6 Å². The maximum absolute atomic E-state index is 11.1. The Morgan fingerprint density at radius 1 is 1.58 bits per heavy atom. The second-order valence-electron chi connectivity index (χ2n) is 2.73. The third-order valence-corrected chi connectivity index (χ3v) is 1.93. The van der Waals surface area contributed by atoms with Gasteiger partial charge in [0.05, 0.1) is 6.10 Å². The minimum absolute atomic E-state index is 0.00231. The Morgan fingerprint density at radius 2 is 2.00 bits per heavy atom. The summed E-state index contributed by atoms with van der Waals surface area (Å²) in [4.78, 5) is 11.1. The summed E-state index contributed by atoms with van der Waals surface area (Å²) in [6.45, 7) is 10.3. The first-order valence-corrected chi connectivity index (χ1v) is 4.57.